The number of rotatable bonds is 3. The zero-order valence-corrected chi connectivity index (χ0v) is 11.3. The monoisotopic (exact) mass is 268 g/mol. The molecule has 0 spiro atoms. The highest BCUT2D eigenvalue weighted by Gasteiger charge is 2.28. The molecular weight excluding hydrogens is 252 g/mol. The van der Waals surface area contributed by atoms with Crippen LogP contribution in [0.5, 0.6) is 5.75 Å². The number of carbonyl (C=O) groups excluding carboxylic acids is 1. The van der Waals surface area contributed by atoms with Crippen LogP contribution in [0, 0.1) is 0 Å². The third-order valence-corrected chi connectivity index (χ3v) is 4.71. The molecule has 0 amide bonds. The Hall–Kier alpha value is -1.36. The Kier molecular flexibility index (Phi) is 3.43. The quantitative estimate of drug-likeness (QED) is 0.782. The average Bonchev–Trinajstić information content (AvgIpc) is 2.35. The number of benzene rings is 1. The van der Waals surface area contributed by atoms with E-state index in [9.17, 15) is 13.2 Å². The molecule has 1 aromatic carbocycles. The van der Waals surface area contributed by atoms with Gasteiger partial charge in [0.05, 0.1) is 12.2 Å². The maximum absolute atomic E-state index is 12.2. The van der Waals surface area contributed by atoms with Crippen molar-refractivity contribution < 1.29 is 17.9 Å². The first-order valence-electron chi connectivity index (χ1n) is 5.89. The Morgan fingerprint density at radius 1 is 1.39 bits per heavy atom. The van der Waals surface area contributed by atoms with Crippen molar-refractivity contribution in [2.75, 3.05) is 12.9 Å². The summed E-state index contributed by atoms with van der Waals surface area (Å²) in [6, 6.07) is 5.32. The summed E-state index contributed by atoms with van der Waals surface area (Å²) in [5.41, 5.74) is 1.36. The van der Waals surface area contributed by atoms with Crippen molar-refractivity contribution in [3.63, 3.8) is 0 Å². The van der Waals surface area contributed by atoms with E-state index in [4.69, 9.17) is 4.74 Å². The van der Waals surface area contributed by atoms with Crippen LogP contribution in [0.2, 0.25) is 0 Å². The molecule has 98 valence electrons. The van der Waals surface area contributed by atoms with Gasteiger partial charge >= 0.3 is 0 Å². The van der Waals surface area contributed by atoms with Crippen LogP contribution in [0.3, 0.4) is 0 Å². The summed E-state index contributed by atoms with van der Waals surface area (Å²) in [5.74, 6) is 0.167. The normalized spacial score (nSPS) is 16.6. The van der Waals surface area contributed by atoms with Crippen molar-refractivity contribution in [3.05, 3.63) is 29.3 Å². The van der Waals surface area contributed by atoms with E-state index in [0.717, 1.165) is 24.7 Å². The maximum atomic E-state index is 12.2. The Labute approximate surface area is 107 Å². The lowest BCUT2D eigenvalue weighted by atomic mass is 9.99. The Balaban J connectivity index is 2.43. The molecule has 2 rings (SSSR count). The SMILES string of the molecule is CC(C(=O)c1cccc2c1OCCC2)S(C)(=O)=O. The van der Waals surface area contributed by atoms with E-state index in [1.54, 1.807) is 12.1 Å². The lowest BCUT2D eigenvalue weighted by Crippen LogP contribution is -2.27. The third kappa shape index (κ3) is 2.41. The van der Waals surface area contributed by atoms with Crippen LogP contribution >= 0.6 is 0 Å². The second kappa shape index (κ2) is 4.72. The number of ketones is 1. The molecule has 0 radical (unpaired) electrons. The molecular formula is C13H16O4S. The fourth-order valence-electron chi connectivity index (χ4n) is 2.00. The van der Waals surface area contributed by atoms with Gasteiger partial charge in [0.25, 0.3) is 0 Å². The number of para-hydroxylation sites is 1. The average molecular weight is 268 g/mol. The van der Waals surface area contributed by atoms with Crippen LogP contribution < -0.4 is 4.74 Å². The first kappa shape index (κ1) is 13.1. The van der Waals surface area contributed by atoms with Crippen LogP contribution in [-0.2, 0) is 16.3 Å². The number of carbonyl (C=O) groups is 1. The summed E-state index contributed by atoms with van der Waals surface area (Å²) in [7, 11) is -3.38. The van der Waals surface area contributed by atoms with Gasteiger partial charge in [-0.3, -0.25) is 4.79 Å². The smallest absolute Gasteiger partial charge is 0.184 e. The van der Waals surface area contributed by atoms with Gasteiger partial charge in [-0.15, -0.1) is 0 Å². The Bertz CT molecular complexity index is 575. The van der Waals surface area contributed by atoms with E-state index < -0.39 is 20.9 Å². The van der Waals surface area contributed by atoms with Crippen LogP contribution in [-0.4, -0.2) is 32.3 Å². The molecule has 4 nitrogen and oxygen atoms in total. The van der Waals surface area contributed by atoms with Gasteiger partial charge in [0.1, 0.15) is 11.0 Å². The molecule has 0 bridgehead atoms. The largest absolute Gasteiger partial charge is 0.493 e. The highest BCUT2D eigenvalue weighted by atomic mass is 32.2. The number of sulfone groups is 1. The molecule has 18 heavy (non-hydrogen) atoms. The number of aryl methyl sites for hydroxylation is 1. The highest BCUT2D eigenvalue weighted by molar-refractivity contribution is 7.92. The molecule has 1 unspecified atom stereocenters. The fraction of sp³-hybridized carbons (Fsp3) is 0.462. The minimum Gasteiger partial charge on any atom is -0.493 e. The van der Waals surface area contributed by atoms with Crippen molar-refractivity contribution in [2.45, 2.75) is 25.0 Å². The van der Waals surface area contributed by atoms with E-state index >= 15 is 0 Å². The van der Waals surface area contributed by atoms with Gasteiger partial charge in [-0.2, -0.15) is 0 Å². The van der Waals surface area contributed by atoms with Crippen molar-refractivity contribution >= 4 is 15.6 Å². The number of hydrogen-bond donors (Lipinski definition) is 0. The molecule has 5 heteroatoms. The van der Waals surface area contributed by atoms with Crippen molar-refractivity contribution in [3.8, 4) is 5.75 Å². The molecule has 1 atom stereocenters. The Morgan fingerprint density at radius 2 is 2.11 bits per heavy atom. The van der Waals surface area contributed by atoms with Crippen LogP contribution in [0.15, 0.2) is 18.2 Å². The predicted octanol–water partition coefficient (Wildman–Crippen LogP) is 1.63. The minimum absolute atomic E-state index is 0.380. The maximum Gasteiger partial charge on any atom is 0.184 e. The van der Waals surface area contributed by atoms with Crippen LogP contribution in [0.25, 0.3) is 0 Å². The standard InChI is InChI=1S/C13H16O4S/c1-9(18(2,15)16)12(14)11-7-3-5-10-6-4-8-17-13(10)11/h3,5,7,9H,4,6,8H2,1-2H3. The molecule has 0 N–H and O–H groups in total. The minimum atomic E-state index is -3.38. The van der Waals surface area contributed by atoms with Crippen molar-refractivity contribution in [1.82, 2.24) is 0 Å². The third-order valence-electron chi connectivity index (χ3n) is 3.21. The van der Waals surface area contributed by atoms with E-state index in [0.29, 0.717) is 17.9 Å². The van der Waals surface area contributed by atoms with Crippen LogP contribution in [0.4, 0.5) is 0 Å². The number of ether oxygens (including phenoxy) is 1. The summed E-state index contributed by atoms with van der Waals surface area (Å²) in [4.78, 5) is 12.2. The van der Waals surface area contributed by atoms with Crippen LogP contribution in [0.1, 0.15) is 29.3 Å². The number of hydrogen-bond acceptors (Lipinski definition) is 4. The van der Waals surface area contributed by atoms with E-state index in [1.165, 1.54) is 6.92 Å². The van der Waals surface area contributed by atoms with E-state index in [-0.39, 0.29) is 0 Å². The summed E-state index contributed by atoms with van der Waals surface area (Å²) in [6.45, 7) is 1.99. The van der Waals surface area contributed by atoms with Gasteiger partial charge in [-0.1, -0.05) is 12.1 Å². The summed E-state index contributed by atoms with van der Waals surface area (Å²) in [5, 5.41) is -1.03. The molecule has 1 aromatic rings. The lowest BCUT2D eigenvalue weighted by Gasteiger charge is -2.20. The lowest BCUT2D eigenvalue weighted by molar-refractivity contribution is 0.0986. The highest BCUT2D eigenvalue weighted by Crippen LogP contribution is 2.30. The molecule has 0 aliphatic carbocycles. The molecule has 1 aliphatic heterocycles. The van der Waals surface area contributed by atoms with Gasteiger partial charge in [0.15, 0.2) is 15.6 Å². The number of fused-ring (bicyclic) bond motifs is 1. The molecule has 0 aromatic heterocycles. The molecule has 0 saturated carbocycles. The molecule has 1 heterocycles. The molecule has 0 saturated heterocycles. The summed E-state index contributed by atoms with van der Waals surface area (Å²) < 4.78 is 28.4. The van der Waals surface area contributed by atoms with E-state index in [2.05, 4.69) is 0 Å². The predicted molar refractivity (Wildman–Crippen MR) is 68.9 cm³/mol. The van der Waals surface area contributed by atoms with Gasteiger partial charge in [-0.25, -0.2) is 8.42 Å². The van der Waals surface area contributed by atoms with Crippen molar-refractivity contribution in [2.24, 2.45) is 0 Å². The van der Waals surface area contributed by atoms with Crippen molar-refractivity contribution in [1.29, 1.82) is 0 Å². The summed E-state index contributed by atoms with van der Waals surface area (Å²) >= 11 is 0. The molecule has 0 fully saturated rings. The summed E-state index contributed by atoms with van der Waals surface area (Å²) in [6.07, 6.45) is 2.86. The Morgan fingerprint density at radius 3 is 2.78 bits per heavy atom. The van der Waals surface area contributed by atoms with Gasteiger partial charge in [-0.05, 0) is 31.4 Å². The van der Waals surface area contributed by atoms with Gasteiger partial charge < -0.3 is 4.74 Å². The first-order valence-corrected chi connectivity index (χ1v) is 7.84. The second-order valence-electron chi connectivity index (χ2n) is 4.58. The van der Waals surface area contributed by atoms with Gasteiger partial charge in [0.2, 0.25) is 0 Å². The first-order chi connectivity index (χ1) is 8.41. The number of Topliss-reactive ketones (excluding diaryl/α,β-unsaturated/α-hetero) is 1. The fourth-order valence-corrected chi connectivity index (χ4v) is 2.51. The molecule has 1 aliphatic rings. The second-order valence-corrected chi connectivity index (χ2v) is 6.95. The zero-order valence-electron chi connectivity index (χ0n) is 10.5. The topological polar surface area (TPSA) is 60.4 Å². The van der Waals surface area contributed by atoms with Gasteiger partial charge in [0, 0.05) is 6.26 Å². The zero-order chi connectivity index (χ0) is 13.3. The van der Waals surface area contributed by atoms with E-state index in [1.807, 2.05) is 6.07 Å².